The summed E-state index contributed by atoms with van der Waals surface area (Å²) in [5, 5.41) is 1.14. The first-order valence-corrected chi connectivity index (χ1v) is 11.9. The Balaban J connectivity index is 1.57. The Morgan fingerprint density at radius 2 is 1.82 bits per heavy atom. The minimum Gasteiger partial charge on any atom is -0.455 e. The van der Waals surface area contributed by atoms with Crippen LogP contribution in [-0.2, 0) is 26.5 Å². The molecule has 1 N–H and O–H groups in total. The van der Waals surface area contributed by atoms with E-state index in [0.717, 1.165) is 5.56 Å². The van der Waals surface area contributed by atoms with Gasteiger partial charge in [-0.3, -0.25) is 4.79 Å². The lowest BCUT2D eigenvalue weighted by molar-refractivity contribution is -0.274. The number of nitrogens with one attached hydrogen (secondary N) is 1. The molecule has 5 rings (SSSR count). The van der Waals surface area contributed by atoms with Crippen LogP contribution in [0.15, 0.2) is 66.7 Å². The SMILES string of the molecule is Cc1c(Oc2ccc(Cl)cc2)c2ccc(OC(F)(F)F)cc2n1Cc1cccc([C@]2(C)OCONC2=O)c1. The van der Waals surface area contributed by atoms with E-state index in [2.05, 4.69) is 10.2 Å². The first-order chi connectivity index (χ1) is 18.0. The van der Waals surface area contributed by atoms with Crippen molar-refractivity contribution in [2.24, 2.45) is 0 Å². The lowest BCUT2D eigenvalue weighted by atomic mass is 9.93. The summed E-state index contributed by atoms with van der Waals surface area (Å²) in [6.07, 6.45) is -4.84. The number of hydrogen-bond donors (Lipinski definition) is 1. The molecule has 0 bridgehead atoms. The molecule has 4 aromatic rings. The van der Waals surface area contributed by atoms with Crippen molar-refractivity contribution in [2.75, 3.05) is 6.79 Å². The molecule has 3 aromatic carbocycles. The number of carbonyl (C=O) groups excluding carboxylic acids is 1. The fourth-order valence-corrected chi connectivity index (χ4v) is 4.47. The van der Waals surface area contributed by atoms with Crippen molar-refractivity contribution in [2.45, 2.75) is 32.4 Å². The summed E-state index contributed by atoms with van der Waals surface area (Å²) in [6, 6.07) is 18.1. The lowest BCUT2D eigenvalue weighted by Gasteiger charge is -2.32. The van der Waals surface area contributed by atoms with Gasteiger partial charge in [-0.2, -0.15) is 0 Å². The highest BCUT2D eigenvalue weighted by Gasteiger charge is 2.40. The molecule has 1 saturated heterocycles. The van der Waals surface area contributed by atoms with Crippen LogP contribution in [0.25, 0.3) is 10.9 Å². The van der Waals surface area contributed by atoms with E-state index in [1.165, 1.54) is 18.2 Å². The van der Waals surface area contributed by atoms with Crippen LogP contribution < -0.4 is 15.0 Å². The van der Waals surface area contributed by atoms with Crippen LogP contribution >= 0.6 is 11.6 Å². The van der Waals surface area contributed by atoms with Crippen molar-refractivity contribution < 1.29 is 37.0 Å². The number of aromatic nitrogens is 1. The minimum absolute atomic E-state index is 0.110. The van der Waals surface area contributed by atoms with E-state index in [4.69, 9.17) is 25.9 Å². The maximum atomic E-state index is 13.0. The predicted octanol–water partition coefficient (Wildman–Crippen LogP) is 6.59. The Labute approximate surface area is 220 Å². The molecule has 7 nitrogen and oxygen atoms in total. The second-order valence-electron chi connectivity index (χ2n) is 8.85. The molecule has 1 atom stereocenters. The number of hydrogen-bond acceptors (Lipinski definition) is 5. The smallest absolute Gasteiger partial charge is 0.455 e. The molecule has 2 heterocycles. The fraction of sp³-hybridized carbons (Fsp3) is 0.222. The summed E-state index contributed by atoms with van der Waals surface area (Å²) >= 11 is 5.99. The Bertz CT molecular complexity index is 1500. The molecule has 0 unspecified atom stereocenters. The maximum absolute atomic E-state index is 13.0. The molecular formula is C27H22ClF3N2O5. The molecule has 0 spiro atoms. The van der Waals surface area contributed by atoms with Gasteiger partial charge in [-0.25, -0.2) is 10.3 Å². The largest absolute Gasteiger partial charge is 0.573 e. The first kappa shape index (κ1) is 25.9. The van der Waals surface area contributed by atoms with E-state index < -0.39 is 17.9 Å². The summed E-state index contributed by atoms with van der Waals surface area (Å²) in [5.41, 5.74) is 3.60. The van der Waals surface area contributed by atoms with Crippen molar-refractivity contribution in [3.63, 3.8) is 0 Å². The van der Waals surface area contributed by atoms with Crippen LogP contribution in [0.4, 0.5) is 13.2 Å². The Hall–Kier alpha value is -3.73. The van der Waals surface area contributed by atoms with Gasteiger partial charge < -0.3 is 18.8 Å². The van der Waals surface area contributed by atoms with E-state index in [9.17, 15) is 18.0 Å². The Morgan fingerprint density at radius 1 is 1.08 bits per heavy atom. The van der Waals surface area contributed by atoms with E-state index in [1.807, 2.05) is 23.6 Å². The van der Waals surface area contributed by atoms with Gasteiger partial charge in [0.2, 0.25) is 0 Å². The van der Waals surface area contributed by atoms with Crippen LogP contribution in [0.1, 0.15) is 23.7 Å². The standard InChI is InChI=1S/C27H22ClF3N2O5/c1-16-24(37-20-8-6-19(28)7-9-20)22-11-10-21(38-27(29,30)31)13-23(22)33(16)14-17-4-3-5-18(12-17)26(2)25(34)32-36-15-35-26/h3-13H,14-15H2,1-2H3,(H,32,34)/t26-/m0/s1. The second-order valence-corrected chi connectivity index (χ2v) is 9.29. The van der Waals surface area contributed by atoms with Gasteiger partial charge in [0.05, 0.1) is 11.2 Å². The third-order valence-electron chi connectivity index (χ3n) is 6.33. The average Bonchev–Trinajstić information content (AvgIpc) is 3.12. The summed E-state index contributed by atoms with van der Waals surface area (Å²) < 4.78 is 56.7. The van der Waals surface area contributed by atoms with Gasteiger partial charge in [0.15, 0.2) is 18.1 Å². The molecule has 38 heavy (non-hydrogen) atoms. The van der Waals surface area contributed by atoms with Gasteiger partial charge in [0.25, 0.3) is 5.91 Å². The van der Waals surface area contributed by atoms with Crippen LogP contribution in [0, 0.1) is 6.92 Å². The normalized spacial score (nSPS) is 17.9. The average molecular weight is 547 g/mol. The van der Waals surface area contributed by atoms with Gasteiger partial charge in [-0.05, 0) is 61.4 Å². The number of amides is 1. The lowest BCUT2D eigenvalue weighted by Crippen LogP contribution is -2.49. The van der Waals surface area contributed by atoms with Crippen LogP contribution in [0.3, 0.4) is 0 Å². The molecule has 0 aliphatic carbocycles. The predicted molar refractivity (Wildman–Crippen MR) is 133 cm³/mol. The maximum Gasteiger partial charge on any atom is 0.573 e. The van der Waals surface area contributed by atoms with Crippen molar-refractivity contribution in [1.82, 2.24) is 10.0 Å². The second kappa shape index (κ2) is 9.86. The molecule has 1 aliphatic heterocycles. The van der Waals surface area contributed by atoms with Crippen LogP contribution in [0.2, 0.25) is 5.02 Å². The molecular weight excluding hydrogens is 525 g/mol. The summed E-state index contributed by atoms with van der Waals surface area (Å²) in [5.74, 6) is 0.201. The minimum atomic E-state index is -4.84. The van der Waals surface area contributed by atoms with Gasteiger partial charge in [0, 0.05) is 23.0 Å². The topological polar surface area (TPSA) is 71.0 Å². The highest BCUT2D eigenvalue weighted by atomic mass is 35.5. The number of benzene rings is 3. The third kappa shape index (κ3) is 5.15. The van der Waals surface area contributed by atoms with E-state index in [-0.39, 0.29) is 19.1 Å². The quantitative estimate of drug-likeness (QED) is 0.295. The highest BCUT2D eigenvalue weighted by molar-refractivity contribution is 6.30. The molecule has 1 aliphatic rings. The van der Waals surface area contributed by atoms with Gasteiger partial charge >= 0.3 is 6.36 Å². The molecule has 1 amide bonds. The van der Waals surface area contributed by atoms with E-state index in [1.54, 1.807) is 43.3 Å². The van der Waals surface area contributed by atoms with Gasteiger partial charge in [0.1, 0.15) is 11.5 Å². The number of hydroxylamine groups is 1. The monoisotopic (exact) mass is 546 g/mol. The highest BCUT2D eigenvalue weighted by Crippen LogP contribution is 2.39. The molecule has 198 valence electrons. The zero-order chi connectivity index (χ0) is 27.1. The van der Waals surface area contributed by atoms with Crippen molar-refractivity contribution >= 4 is 28.4 Å². The van der Waals surface area contributed by atoms with E-state index in [0.29, 0.717) is 38.7 Å². The zero-order valence-electron chi connectivity index (χ0n) is 20.3. The summed E-state index contributed by atoms with van der Waals surface area (Å²) in [6.45, 7) is 3.61. The molecule has 1 fully saturated rings. The van der Waals surface area contributed by atoms with Crippen molar-refractivity contribution in [3.05, 3.63) is 88.6 Å². The Kier molecular flexibility index (Phi) is 6.72. The fourth-order valence-electron chi connectivity index (χ4n) is 4.34. The van der Waals surface area contributed by atoms with Gasteiger partial charge in [-0.1, -0.05) is 35.9 Å². The number of rotatable bonds is 6. The third-order valence-corrected chi connectivity index (χ3v) is 6.58. The molecule has 0 saturated carbocycles. The van der Waals surface area contributed by atoms with Crippen molar-refractivity contribution in [3.8, 4) is 17.2 Å². The molecule has 0 radical (unpaired) electrons. The number of fused-ring (bicyclic) bond motifs is 1. The number of halogens is 4. The number of ether oxygens (including phenoxy) is 3. The van der Waals surface area contributed by atoms with Crippen LogP contribution in [-0.4, -0.2) is 23.6 Å². The molecule has 1 aromatic heterocycles. The van der Waals surface area contributed by atoms with Crippen molar-refractivity contribution in [1.29, 1.82) is 0 Å². The van der Waals surface area contributed by atoms with Crippen LogP contribution in [0.5, 0.6) is 17.2 Å². The summed E-state index contributed by atoms with van der Waals surface area (Å²) in [4.78, 5) is 17.3. The molecule has 11 heteroatoms. The number of carbonyl (C=O) groups is 1. The van der Waals surface area contributed by atoms with Gasteiger partial charge in [-0.15, -0.1) is 13.2 Å². The zero-order valence-corrected chi connectivity index (χ0v) is 21.0. The summed E-state index contributed by atoms with van der Waals surface area (Å²) in [7, 11) is 0. The Morgan fingerprint density at radius 3 is 2.53 bits per heavy atom. The van der Waals surface area contributed by atoms with E-state index >= 15 is 0 Å². The number of alkyl halides is 3. The number of nitrogens with zero attached hydrogens (tertiary/aromatic N) is 1. The first-order valence-electron chi connectivity index (χ1n) is 11.5.